The maximum Gasteiger partial charge on any atom is 0.238 e. The van der Waals surface area contributed by atoms with Crippen LogP contribution in [0.3, 0.4) is 0 Å². The average molecular weight is 355 g/mol. The summed E-state index contributed by atoms with van der Waals surface area (Å²) in [6, 6.07) is 15.7. The molecule has 3 aromatic rings. The third-order valence-electron chi connectivity index (χ3n) is 3.27. The van der Waals surface area contributed by atoms with Crippen LogP contribution in [0.5, 0.6) is 11.6 Å². The first-order valence-electron chi connectivity index (χ1n) is 7.35. The maximum atomic E-state index is 12.8. The highest BCUT2D eigenvalue weighted by Gasteiger charge is 2.04. The lowest BCUT2D eigenvalue weighted by Gasteiger charge is -2.04. The minimum atomic E-state index is -0.315. The Morgan fingerprint density at radius 1 is 0.960 bits per heavy atom. The second-order valence-electron chi connectivity index (χ2n) is 5.07. The summed E-state index contributed by atoms with van der Waals surface area (Å²) < 4.78 is 18.4. The molecule has 0 bridgehead atoms. The molecular formula is C19H12ClFN2O2. The van der Waals surface area contributed by atoms with Gasteiger partial charge in [0.1, 0.15) is 11.6 Å². The summed E-state index contributed by atoms with van der Waals surface area (Å²) in [5.41, 5.74) is 1.25. The van der Waals surface area contributed by atoms with Gasteiger partial charge in [0.05, 0.1) is 0 Å². The number of nitrogens with zero attached hydrogens (tertiary/aromatic N) is 2. The Balaban J connectivity index is 1.65. The van der Waals surface area contributed by atoms with Crippen molar-refractivity contribution in [3.63, 3.8) is 0 Å². The van der Waals surface area contributed by atoms with Gasteiger partial charge in [-0.3, -0.25) is 4.79 Å². The molecule has 3 rings (SSSR count). The molecule has 0 N–H and O–H groups in total. The number of halogens is 2. The Hall–Kier alpha value is -3.05. The van der Waals surface area contributed by atoms with E-state index in [1.54, 1.807) is 54.6 Å². The molecule has 0 fully saturated rings. The van der Waals surface area contributed by atoms with Gasteiger partial charge >= 0.3 is 0 Å². The Morgan fingerprint density at radius 2 is 1.68 bits per heavy atom. The summed E-state index contributed by atoms with van der Waals surface area (Å²) in [5, 5.41) is 7.75. The van der Waals surface area contributed by atoms with Gasteiger partial charge in [0.25, 0.3) is 0 Å². The van der Waals surface area contributed by atoms with Gasteiger partial charge in [0.15, 0.2) is 10.9 Å². The normalized spacial score (nSPS) is 10.8. The van der Waals surface area contributed by atoms with Crippen LogP contribution in [0.1, 0.15) is 15.9 Å². The molecule has 6 heteroatoms. The molecule has 0 saturated heterocycles. The molecule has 0 amide bonds. The molecule has 0 spiro atoms. The molecule has 2 aromatic carbocycles. The number of allylic oxidation sites excluding steroid dienone is 1. The minimum absolute atomic E-state index is 0.165. The van der Waals surface area contributed by atoms with E-state index in [9.17, 15) is 9.18 Å². The van der Waals surface area contributed by atoms with Crippen LogP contribution < -0.4 is 4.74 Å². The number of hydrogen-bond donors (Lipinski definition) is 0. The molecular weight excluding hydrogens is 343 g/mol. The monoisotopic (exact) mass is 354 g/mol. The molecule has 124 valence electrons. The van der Waals surface area contributed by atoms with Crippen LogP contribution in [0, 0.1) is 5.82 Å². The Labute approximate surface area is 148 Å². The van der Waals surface area contributed by atoms with Gasteiger partial charge in [-0.15, -0.1) is 10.2 Å². The van der Waals surface area contributed by atoms with Gasteiger partial charge in [-0.25, -0.2) is 4.39 Å². The lowest BCUT2D eigenvalue weighted by molar-refractivity contribution is 0.104. The molecule has 0 aliphatic heterocycles. The van der Waals surface area contributed by atoms with Crippen LogP contribution >= 0.6 is 11.6 Å². The van der Waals surface area contributed by atoms with E-state index >= 15 is 0 Å². The zero-order chi connectivity index (χ0) is 17.6. The number of benzene rings is 2. The quantitative estimate of drug-likeness (QED) is 0.480. The van der Waals surface area contributed by atoms with E-state index in [0.717, 1.165) is 5.56 Å². The van der Waals surface area contributed by atoms with Crippen molar-refractivity contribution in [1.29, 1.82) is 0 Å². The topological polar surface area (TPSA) is 52.1 Å². The smallest absolute Gasteiger partial charge is 0.238 e. The van der Waals surface area contributed by atoms with E-state index in [1.807, 2.05) is 0 Å². The zero-order valence-electron chi connectivity index (χ0n) is 12.9. The molecule has 0 aliphatic rings. The van der Waals surface area contributed by atoms with Crippen LogP contribution in [-0.2, 0) is 0 Å². The largest absolute Gasteiger partial charge is 0.438 e. The van der Waals surface area contributed by atoms with E-state index in [2.05, 4.69) is 10.2 Å². The molecule has 0 radical (unpaired) electrons. The molecule has 1 heterocycles. The third kappa shape index (κ3) is 4.71. The second-order valence-corrected chi connectivity index (χ2v) is 5.46. The van der Waals surface area contributed by atoms with Crippen molar-refractivity contribution in [2.24, 2.45) is 0 Å². The number of ether oxygens (including phenoxy) is 1. The predicted molar refractivity (Wildman–Crippen MR) is 93.3 cm³/mol. The lowest BCUT2D eigenvalue weighted by Crippen LogP contribution is -1.95. The predicted octanol–water partition coefficient (Wildman–Crippen LogP) is 4.96. The summed E-state index contributed by atoms with van der Waals surface area (Å²) in [6.45, 7) is 0. The summed E-state index contributed by atoms with van der Waals surface area (Å²) in [6.07, 6.45) is 3.07. The average Bonchev–Trinajstić information content (AvgIpc) is 2.63. The standard InChI is InChI=1S/C19H12ClFN2O2/c20-18-11-12-19(23-22-18)25-16-8-4-14(5-9-16)17(24)10-3-13-1-6-15(21)7-2-13/h1-12H. The van der Waals surface area contributed by atoms with E-state index < -0.39 is 0 Å². The number of rotatable bonds is 5. The van der Waals surface area contributed by atoms with Crippen molar-refractivity contribution in [3.8, 4) is 11.6 Å². The fraction of sp³-hybridized carbons (Fsp3) is 0. The van der Waals surface area contributed by atoms with Crippen LogP contribution in [-0.4, -0.2) is 16.0 Å². The first-order valence-corrected chi connectivity index (χ1v) is 7.73. The highest BCUT2D eigenvalue weighted by Crippen LogP contribution is 2.20. The lowest BCUT2D eigenvalue weighted by atomic mass is 10.1. The summed E-state index contributed by atoms with van der Waals surface area (Å²) in [4.78, 5) is 12.2. The van der Waals surface area contributed by atoms with Gasteiger partial charge in [-0.2, -0.15) is 0 Å². The summed E-state index contributed by atoms with van der Waals surface area (Å²) >= 11 is 5.66. The van der Waals surface area contributed by atoms with Gasteiger partial charge in [0.2, 0.25) is 5.88 Å². The van der Waals surface area contributed by atoms with Crippen molar-refractivity contribution < 1.29 is 13.9 Å². The van der Waals surface area contributed by atoms with Gasteiger partial charge < -0.3 is 4.74 Å². The number of carbonyl (C=O) groups is 1. The minimum Gasteiger partial charge on any atom is -0.438 e. The van der Waals surface area contributed by atoms with Crippen LogP contribution in [0.25, 0.3) is 6.08 Å². The van der Waals surface area contributed by atoms with Crippen molar-refractivity contribution >= 4 is 23.5 Å². The fourth-order valence-corrected chi connectivity index (χ4v) is 2.11. The van der Waals surface area contributed by atoms with Crippen molar-refractivity contribution in [1.82, 2.24) is 10.2 Å². The third-order valence-corrected chi connectivity index (χ3v) is 3.47. The van der Waals surface area contributed by atoms with Crippen molar-refractivity contribution in [2.45, 2.75) is 0 Å². The fourth-order valence-electron chi connectivity index (χ4n) is 2.01. The van der Waals surface area contributed by atoms with E-state index in [4.69, 9.17) is 16.3 Å². The summed E-state index contributed by atoms with van der Waals surface area (Å²) in [5.74, 6) is 0.349. The molecule has 0 atom stereocenters. The highest BCUT2D eigenvalue weighted by atomic mass is 35.5. The van der Waals surface area contributed by atoms with Crippen molar-refractivity contribution in [2.75, 3.05) is 0 Å². The molecule has 0 saturated carbocycles. The first-order chi connectivity index (χ1) is 12.1. The van der Waals surface area contributed by atoms with Crippen molar-refractivity contribution in [3.05, 3.63) is 88.8 Å². The first kappa shape index (κ1) is 16.8. The van der Waals surface area contributed by atoms with Gasteiger partial charge in [-0.05, 0) is 54.1 Å². The maximum absolute atomic E-state index is 12.8. The molecule has 0 unspecified atom stereocenters. The molecule has 1 aromatic heterocycles. The number of carbonyl (C=O) groups excluding carboxylic acids is 1. The van der Waals surface area contributed by atoms with Crippen LogP contribution in [0.4, 0.5) is 4.39 Å². The van der Waals surface area contributed by atoms with Crippen LogP contribution in [0.2, 0.25) is 5.15 Å². The molecule has 4 nitrogen and oxygen atoms in total. The number of aromatic nitrogens is 2. The Kier molecular flexibility index (Phi) is 5.16. The Morgan fingerprint density at radius 3 is 2.32 bits per heavy atom. The number of hydrogen-bond acceptors (Lipinski definition) is 4. The van der Waals surface area contributed by atoms with E-state index in [1.165, 1.54) is 18.2 Å². The van der Waals surface area contributed by atoms with E-state index in [0.29, 0.717) is 17.2 Å². The SMILES string of the molecule is O=C(C=Cc1ccc(F)cc1)c1ccc(Oc2ccc(Cl)nn2)cc1. The number of ketones is 1. The Bertz CT molecular complexity index is 892. The molecule has 25 heavy (non-hydrogen) atoms. The van der Waals surface area contributed by atoms with Crippen LogP contribution in [0.15, 0.2) is 66.7 Å². The van der Waals surface area contributed by atoms with E-state index in [-0.39, 0.29) is 16.8 Å². The highest BCUT2D eigenvalue weighted by molar-refractivity contribution is 6.29. The van der Waals surface area contributed by atoms with Gasteiger partial charge in [0, 0.05) is 11.6 Å². The van der Waals surface area contributed by atoms with Gasteiger partial charge in [-0.1, -0.05) is 29.8 Å². The second kappa shape index (κ2) is 7.68. The zero-order valence-corrected chi connectivity index (χ0v) is 13.7. The summed E-state index contributed by atoms with van der Waals surface area (Å²) in [7, 11) is 0. The molecule has 0 aliphatic carbocycles.